The molecule has 0 radical (unpaired) electrons. The Kier molecular flexibility index (Phi) is 66.3. The van der Waals surface area contributed by atoms with Crippen LogP contribution in [0.3, 0.4) is 0 Å². The number of hydrogen-bond donors (Lipinski definition) is 3. The van der Waals surface area contributed by atoms with Gasteiger partial charge in [-0.2, -0.15) is 0 Å². The first kappa shape index (κ1) is 92.7. The lowest BCUT2D eigenvalue weighted by Crippen LogP contribution is -2.30. The van der Waals surface area contributed by atoms with Gasteiger partial charge in [0.1, 0.15) is 19.3 Å². The van der Waals surface area contributed by atoms with Gasteiger partial charge in [-0.05, 0) is 141 Å². The number of aliphatic hydroxyl groups excluding tert-OH is 1. The molecule has 0 rings (SSSR count). The quantitative estimate of drug-likeness (QED) is 0.0169. The van der Waals surface area contributed by atoms with E-state index < -0.39 is 97.5 Å². The summed E-state index contributed by atoms with van der Waals surface area (Å²) in [5.41, 5.74) is 0. The average molecular weight is 1410 g/mol. The number of rotatable bonds is 67. The molecule has 0 amide bonds. The Bertz CT molecular complexity index is 2480. The smallest absolute Gasteiger partial charge is 0.462 e. The number of carbonyl (C=O) groups is 4. The molecule has 0 heterocycles. The minimum atomic E-state index is -5.01. The van der Waals surface area contributed by atoms with Crippen molar-refractivity contribution in [2.24, 2.45) is 0 Å². The van der Waals surface area contributed by atoms with Crippen molar-refractivity contribution in [2.45, 2.75) is 277 Å². The van der Waals surface area contributed by atoms with Gasteiger partial charge >= 0.3 is 39.5 Å². The maximum absolute atomic E-state index is 13.1. The van der Waals surface area contributed by atoms with Crippen molar-refractivity contribution in [3.63, 3.8) is 0 Å². The van der Waals surface area contributed by atoms with E-state index in [1.165, 1.54) is 12.8 Å². The number of phosphoric acid groups is 2. The van der Waals surface area contributed by atoms with E-state index in [0.717, 1.165) is 167 Å². The van der Waals surface area contributed by atoms with Crippen molar-refractivity contribution in [3.8, 4) is 0 Å². The first-order valence-electron chi connectivity index (χ1n) is 36.7. The molecule has 19 heteroatoms. The number of allylic oxidation sites excluding steroid dienone is 25. The molecule has 0 aliphatic heterocycles. The summed E-state index contributed by atoms with van der Waals surface area (Å²) in [4.78, 5) is 72.7. The van der Waals surface area contributed by atoms with Gasteiger partial charge < -0.3 is 33.8 Å². The number of phosphoric ester groups is 2. The Labute approximate surface area is 591 Å². The fourth-order valence-corrected chi connectivity index (χ4v) is 10.6. The van der Waals surface area contributed by atoms with Crippen molar-refractivity contribution >= 4 is 39.5 Å². The molecule has 0 fully saturated rings. The molecular formula is C79H128O17P2. The molecule has 5 atom stereocenters. The Hall–Kier alpha value is -5.32. The number of hydrogen-bond acceptors (Lipinski definition) is 15. The van der Waals surface area contributed by atoms with Crippen molar-refractivity contribution in [1.82, 2.24) is 0 Å². The monoisotopic (exact) mass is 1410 g/mol. The second-order valence-electron chi connectivity index (χ2n) is 23.8. The zero-order valence-electron chi connectivity index (χ0n) is 60.4. The standard InChI is InChI=1S/C79H128O17P2/c1-5-9-13-17-21-25-29-32-35-36-39-41-45-48-52-56-60-64-77(82)90-70-75(96-79(84)66-62-58-54-50-46-42-38-34-31-27-23-19-15-11-7-3)72-94-98(87,88)92-68-73(80)67-91-97(85,86)93-71-74(95-78(83)65-61-57-53-49-43-28-24-20-16-12-8-4)69-89-76(81)63-59-55-51-47-44-40-37-33-30-26-22-18-14-10-6-2/h9-11,13-15,20-27,32-35,37-39,41,46,50,58,62,73-75,80H,5-8,12,16-19,28-31,36,40,42-45,47-49,51-57,59-61,63-72H2,1-4H3,(H,85,86)(H,87,88)/b13-9-,14-10-,15-11-,24-20-,25-21-,26-22-,27-23-,35-32-,37-33-,38-34-,41-39-,50-46-,62-58-. The first-order chi connectivity index (χ1) is 47.7. The molecule has 17 nitrogen and oxygen atoms in total. The Morgan fingerprint density at radius 2 is 0.571 bits per heavy atom. The van der Waals surface area contributed by atoms with E-state index in [2.05, 4.69) is 161 Å². The first-order valence-corrected chi connectivity index (χ1v) is 39.7. The Balaban J connectivity index is 5.45. The molecular weight excluding hydrogens is 1280 g/mol. The van der Waals surface area contributed by atoms with Crippen molar-refractivity contribution in [1.29, 1.82) is 0 Å². The van der Waals surface area contributed by atoms with Gasteiger partial charge in [0, 0.05) is 19.3 Å². The van der Waals surface area contributed by atoms with E-state index in [1.807, 2.05) is 12.2 Å². The third-order valence-electron chi connectivity index (χ3n) is 14.5. The van der Waals surface area contributed by atoms with Gasteiger partial charge in [-0.15, -0.1) is 0 Å². The number of ether oxygens (including phenoxy) is 4. The third kappa shape index (κ3) is 69.2. The largest absolute Gasteiger partial charge is 0.472 e. The van der Waals surface area contributed by atoms with Crippen LogP contribution in [0.5, 0.6) is 0 Å². The van der Waals surface area contributed by atoms with E-state index in [1.54, 1.807) is 12.2 Å². The molecule has 0 saturated heterocycles. The Morgan fingerprint density at radius 1 is 0.306 bits per heavy atom. The molecule has 0 aromatic heterocycles. The van der Waals surface area contributed by atoms with Gasteiger partial charge in [0.05, 0.1) is 32.8 Å². The van der Waals surface area contributed by atoms with Crippen LogP contribution in [0.1, 0.15) is 259 Å². The minimum Gasteiger partial charge on any atom is -0.462 e. The molecule has 0 aliphatic carbocycles. The summed E-state index contributed by atoms with van der Waals surface area (Å²) in [5.74, 6) is -2.39. The maximum Gasteiger partial charge on any atom is 0.472 e. The zero-order chi connectivity index (χ0) is 71.8. The highest BCUT2D eigenvalue weighted by molar-refractivity contribution is 7.47. The highest BCUT2D eigenvalue weighted by atomic mass is 31.2. The van der Waals surface area contributed by atoms with E-state index in [0.29, 0.717) is 25.7 Å². The summed E-state index contributed by atoms with van der Waals surface area (Å²) in [6.07, 6.45) is 80.0. The molecule has 0 aromatic rings. The van der Waals surface area contributed by atoms with Crippen molar-refractivity contribution < 1.29 is 80.2 Å². The highest BCUT2D eigenvalue weighted by Crippen LogP contribution is 2.45. The van der Waals surface area contributed by atoms with E-state index in [-0.39, 0.29) is 25.7 Å². The summed E-state index contributed by atoms with van der Waals surface area (Å²) in [7, 11) is -10.00. The number of carbonyl (C=O) groups excluding carboxylic acids is 4. The predicted molar refractivity (Wildman–Crippen MR) is 399 cm³/mol. The summed E-state index contributed by atoms with van der Waals surface area (Å²) in [5, 5.41) is 10.6. The molecule has 0 spiro atoms. The number of esters is 4. The lowest BCUT2D eigenvalue weighted by Gasteiger charge is -2.21. The fourth-order valence-electron chi connectivity index (χ4n) is 8.99. The molecule has 3 N–H and O–H groups in total. The average Bonchev–Trinajstić information content (AvgIpc) is 0.980. The van der Waals surface area contributed by atoms with Crippen LogP contribution in [0.15, 0.2) is 158 Å². The third-order valence-corrected chi connectivity index (χ3v) is 16.4. The van der Waals surface area contributed by atoms with Crippen LogP contribution < -0.4 is 0 Å². The van der Waals surface area contributed by atoms with Crippen LogP contribution in [0, 0.1) is 0 Å². The lowest BCUT2D eigenvalue weighted by molar-refractivity contribution is -0.161. The summed E-state index contributed by atoms with van der Waals surface area (Å²) in [6, 6.07) is 0. The van der Waals surface area contributed by atoms with Crippen molar-refractivity contribution in [3.05, 3.63) is 158 Å². The topological polar surface area (TPSA) is 237 Å². The predicted octanol–water partition coefficient (Wildman–Crippen LogP) is 20.9. The van der Waals surface area contributed by atoms with Gasteiger partial charge in [-0.25, -0.2) is 9.13 Å². The van der Waals surface area contributed by atoms with Gasteiger partial charge in [-0.1, -0.05) is 250 Å². The van der Waals surface area contributed by atoms with Gasteiger partial charge in [0.15, 0.2) is 12.2 Å². The van der Waals surface area contributed by atoms with Crippen LogP contribution in [-0.4, -0.2) is 96.7 Å². The van der Waals surface area contributed by atoms with Gasteiger partial charge in [-0.3, -0.25) is 37.3 Å². The van der Waals surface area contributed by atoms with Crippen LogP contribution in [-0.2, 0) is 65.4 Å². The molecule has 0 aromatic carbocycles. The Morgan fingerprint density at radius 3 is 0.918 bits per heavy atom. The molecule has 0 saturated carbocycles. The number of aliphatic hydroxyl groups is 1. The summed E-state index contributed by atoms with van der Waals surface area (Å²) in [6.45, 7) is 4.28. The second-order valence-corrected chi connectivity index (χ2v) is 26.7. The summed E-state index contributed by atoms with van der Waals surface area (Å²) < 4.78 is 68.2. The molecule has 5 unspecified atom stereocenters. The highest BCUT2D eigenvalue weighted by Gasteiger charge is 2.30. The van der Waals surface area contributed by atoms with Gasteiger partial charge in [0.2, 0.25) is 0 Å². The molecule has 0 bridgehead atoms. The normalized spacial score (nSPS) is 14.9. The van der Waals surface area contributed by atoms with Crippen molar-refractivity contribution in [2.75, 3.05) is 39.6 Å². The fraction of sp³-hybridized carbons (Fsp3) is 0.620. The van der Waals surface area contributed by atoms with E-state index in [9.17, 15) is 43.2 Å². The zero-order valence-corrected chi connectivity index (χ0v) is 62.2. The van der Waals surface area contributed by atoms with Crippen LogP contribution in [0.2, 0.25) is 0 Å². The second kappa shape index (κ2) is 70.1. The molecule has 98 heavy (non-hydrogen) atoms. The van der Waals surface area contributed by atoms with Crippen LogP contribution >= 0.6 is 15.6 Å². The van der Waals surface area contributed by atoms with E-state index >= 15 is 0 Å². The lowest BCUT2D eigenvalue weighted by atomic mass is 10.1. The molecule has 0 aliphatic rings. The van der Waals surface area contributed by atoms with Crippen LogP contribution in [0.4, 0.5) is 0 Å². The minimum absolute atomic E-state index is 0.0728. The van der Waals surface area contributed by atoms with Gasteiger partial charge in [0.25, 0.3) is 0 Å². The number of unbranched alkanes of at least 4 members (excludes halogenated alkanes) is 16. The van der Waals surface area contributed by atoms with E-state index in [4.69, 9.17) is 37.0 Å². The molecule has 556 valence electrons. The maximum atomic E-state index is 13.1. The summed E-state index contributed by atoms with van der Waals surface area (Å²) >= 11 is 0. The SMILES string of the molecule is CC/C=C\C/C=C\C/C=C\C/C=C\C/C=C\CC(=O)OC(COC(=O)CCCCCC/C=C\C/C=C\C/C=C\C/C=C\CC)COP(=O)(O)OCC(O)COP(=O)(O)OCC(COC(=O)CCCCCCC/C=C\C/C=C\C/C=C\CC)OC(=O)CCCCCCC/C=C\CCCC. The van der Waals surface area contributed by atoms with Crippen LogP contribution in [0.25, 0.3) is 0 Å².